The molecular formula is C71H72O7P2S+2. The summed E-state index contributed by atoms with van der Waals surface area (Å²) in [5.74, 6) is -2.91. The lowest BCUT2D eigenvalue weighted by molar-refractivity contribution is -0.0863. The fourth-order valence-corrected chi connectivity index (χ4v) is 24.1. The van der Waals surface area contributed by atoms with E-state index in [-0.39, 0.29) is 4.90 Å². The summed E-state index contributed by atoms with van der Waals surface area (Å²) in [6, 6.07) is 88.3. The summed E-state index contributed by atoms with van der Waals surface area (Å²) in [5.41, 5.74) is 2.31. The highest BCUT2D eigenvalue weighted by Crippen LogP contribution is 2.67. The second kappa shape index (κ2) is 23.5. The lowest BCUT2D eigenvalue weighted by Crippen LogP contribution is -2.64. The van der Waals surface area contributed by atoms with Crippen molar-refractivity contribution in [3.63, 3.8) is 0 Å². The normalized spacial score (nSPS) is 23.1. The van der Waals surface area contributed by atoms with Crippen LogP contribution in [-0.4, -0.2) is 57.8 Å². The van der Waals surface area contributed by atoms with E-state index in [0.29, 0.717) is 18.4 Å². The molecule has 0 bridgehead atoms. The van der Waals surface area contributed by atoms with E-state index >= 15 is 0 Å². The van der Waals surface area contributed by atoms with Gasteiger partial charge in [-0.1, -0.05) is 183 Å². The number of benzene rings is 9. The van der Waals surface area contributed by atoms with Gasteiger partial charge >= 0.3 is 0 Å². The van der Waals surface area contributed by atoms with Gasteiger partial charge in [0.05, 0.1) is 41.6 Å². The van der Waals surface area contributed by atoms with Crippen molar-refractivity contribution in [1.29, 1.82) is 0 Å². The maximum absolute atomic E-state index is 13.5. The predicted octanol–water partition coefficient (Wildman–Crippen LogP) is 11.2. The molecule has 0 amide bonds. The highest BCUT2D eigenvalue weighted by atomic mass is 32.2. The van der Waals surface area contributed by atoms with Gasteiger partial charge in [0, 0.05) is 28.6 Å². The number of hydrogen-bond acceptors (Lipinski definition) is 6. The van der Waals surface area contributed by atoms with Gasteiger partial charge in [-0.05, 0) is 139 Å². The second-order valence-electron chi connectivity index (χ2n) is 22.6. The Kier molecular flexibility index (Phi) is 16.3. The summed E-state index contributed by atoms with van der Waals surface area (Å²) < 4.78 is 34.8. The number of hydrogen-bond donors (Lipinski definition) is 5. The van der Waals surface area contributed by atoms with Gasteiger partial charge in [0.25, 0.3) is 10.1 Å². The Morgan fingerprint density at radius 3 is 0.938 bits per heavy atom. The van der Waals surface area contributed by atoms with Gasteiger partial charge in [-0.25, -0.2) is 0 Å². The van der Waals surface area contributed by atoms with Gasteiger partial charge in [-0.2, -0.15) is 8.42 Å². The molecule has 412 valence electrons. The van der Waals surface area contributed by atoms with E-state index in [1.807, 2.05) is 0 Å². The summed E-state index contributed by atoms with van der Waals surface area (Å²) in [7, 11) is -9.21. The highest BCUT2D eigenvalue weighted by Gasteiger charge is 2.69. The Hall–Kier alpha value is -6.41. The molecule has 0 spiro atoms. The summed E-state index contributed by atoms with van der Waals surface area (Å²) in [6.45, 7) is 3.47. The number of rotatable bonds is 16. The van der Waals surface area contributed by atoms with Crippen molar-refractivity contribution < 1.29 is 33.4 Å². The SMILES string of the molecule is CC(O)C1C(O)C(c2ccc(S(=O)(=O)O)cc2)C(O)C(C(C)O)C2(c3ccc(C[P+](c4ccccc4)(c4ccccc4)c4ccccc4)cc3)CCCCC12c1ccc(C[P+](c2ccccc2)(c2ccccc2)c2ccccc2)cc1. The minimum atomic E-state index is -4.57. The molecule has 0 heterocycles. The average molecular weight is 1130 g/mol. The molecule has 81 heavy (non-hydrogen) atoms. The summed E-state index contributed by atoms with van der Waals surface area (Å²) in [6.07, 6.45) is -1.00. The van der Waals surface area contributed by atoms with Crippen LogP contribution in [0.2, 0.25) is 0 Å². The molecule has 8 unspecified atom stereocenters. The molecule has 0 aliphatic heterocycles. The topological polar surface area (TPSA) is 135 Å². The molecule has 2 saturated carbocycles. The van der Waals surface area contributed by atoms with Gasteiger partial charge < -0.3 is 20.4 Å². The third-order valence-corrected chi connectivity index (χ3v) is 28.0. The molecule has 2 fully saturated rings. The molecule has 10 heteroatoms. The van der Waals surface area contributed by atoms with E-state index in [1.165, 1.54) is 56.1 Å². The standard InChI is InChI=1S/C71H71O7P2S/c1-51(72)66-68(74)65(55-39-45-64(46-40-55)81(76,77)78)69(75)67(52(2)73)71(57-43-37-54(38-44-57)50-80(61-29-15-6-16-30-61,62-31-17-7-18-32-62)63-33-19-8-20-34-63)48-22-21-47-70(66,71)56-41-35-53(36-42-56)49-79(58-23-9-3-10-24-58,59-25-11-4-12-26-59)60-27-13-5-14-28-60/h3-20,23-46,51-52,65-69,72-75H,21-22,47-50H2,1-2H3/q+1/p+1. The second-order valence-corrected chi connectivity index (χ2v) is 31.0. The van der Waals surface area contributed by atoms with Gasteiger partial charge in [-0.3, -0.25) is 4.55 Å². The first-order valence-electron chi connectivity index (χ1n) is 28.3. The van der Waals surface area contributed by atoms with Crippen molar-refractivity contribution >= 4 is 56.5 Å². The number of fused-ring (bicyclic) bond motifs is 1. The van der Waals surface area contributed by atoms with Gasteiger partial charge in [0.1, 0.15) is 46.4 Å². The highest BCUT2D eigenvalue weighted by molar-refractivity contribution is 7.95. The fraction of sp³-hybridized carbons (Fsp3) is 0.239. The largest absolute Gasteiger partial charge is 0.393 e. The quantitative estimate of drug-likeness (QED) is 0.0480. The molecular weight excluding hydrogens is 1060 g/mol. The predicted molar refractivity (Wildman–Crippen MR) is 334 cm³/mol. The fourth-order valence-electron chi connectivity index (χ4n) is 15.2. The van der Waals surface area contributed by atoms with E-state index in [2.05, 4.69) is 231 Å². The Bertz CT molecular complexity index is 3220. The molecule has 2 aliphatic carbocycles. The molecule has 9 aromatic carbocycles. The van der Waals surface area contributed by atoms with Crippen molar-refractivity contribution in [2.75, 3.05) is 0 Å². The summed E-state index contributed by atoms with van der Waals surface area (Å²) in [4.78, 5) is -0.318. The minimum absolute atomic E-state index is 0.318. The average Bonchev–Trinajstić information content (AvgIpc) is 2.73. The molecule has 9 aromatic rings. The smallest absolute Gasteiger partial charge is 0.294 e. The first kappa shape index (κ1) is 56.5. The zero-order valence-electron chi connectivity index (χ0n) is 45.9. The van der Waals surface area contributed by atoms with Crippen molar-refractivity contribution in [3.05, 3.63) is 283 Å². The van der Waals surface area contributed by atoms with Crippen molar-refractivity contribution in [3.8, 4) is 0 Å². The van der Waals surface area contributed by atoms with Crippen LogP contribution in [-0.2, 0) is 33.3 Å². The first-order valence-corrected chi connectivity index (χ1v) is 33.7. The van der Waals surface area contributed by atoms with Gasteiger partial charge in [-0.15, -0.1) is 0 Å². The van der Waals surface area contributed by atoms with Crippen LogP contribution < -0.4 is 31.8 Å². The van der Waals surface area contributed by atoms with E-state index in [0.717, 1.165) is 47.4 Å². The van der Waals surface area contributed by atoms with Crippen LogP contribution in [0.3, 0.4) is 0 Å². The van der Waals surface area contributed by atoms with E-state index in [1.54, 1.807) is 13.8 Å². The Balaban J connectivity index is 1.12. The lowest BCUT2D eigenvalue weighted by Gasteiger charge is -2.62. The minimum Gasteiger partial charge on any atom is -0.393 e. The molecule has 11 rings (SSSR count). The van der Waals surface area contributed by atoms with E-state index in [4.69, 9.17) is 0 Å². The zero-order chi connectivity index (χ0) is 56.4. The number of aliphatic hydroxyl groups is 4. The Morgan fingerprint density at radius 2 is 0.691 bits per heavy atom. The Morgan fingerprint density at radius 1 is 0.420 bits per heavy atom. The van der Waals surface area contributed by atoms with Gasteiger partial charge in [0.2, 0.25) is 0 Å². The summed E-state index contributed by atoms with van der Waals surface area (Å²) >= 11 is 0. The van der Waals surface area contributed by atoms with Crippen LogP contribution in [0.4, 0.5) is 0 Å². The summed E-state index contributed by atoms with van der Waals surface area (Å²) in [5, 5.41) is 59.9. The van der Waals surface area contributed by atoms with Crippen LogP contribution in [0.15, 0.2) is 260 Å². The van der Waals surface area contributed by atoms with Crippen LogP contribution in [0.5, 0.6) is 0 Å². The monoisotopic (exact) mass is 1130 g/mol. The van der Waals surface area contributed by atoms with Crippen LogP contribution in [0.25, 0.3) is 0 Å². The zero-order valence-corrected chi connectivity index (χ0v) is 48.5. The lowest BCUT2D eigenvalue weighted by atomic mass is 9.42. The van der Waals surface area contributed by atoms with Crippen molar-refractivity contribution in [2.24, 2.45) is 11.8 Å². The van der Waals surface area contributed by atoms with Gasteiger partial charge in [0.15, 0.2) is 0 Å². The molecule has 2 aliphatic rings. The van der Waals surface area contributed by atoms with Crippen molar-refractivity contribution in [1.82, 2.24) is 0 Å². The molecule has 7 nitrogen and oxygen atoms in total. The molecule has 5 N–H and O–H groups in total. The van der Waals surface area contributed by atoms with E-state index < -0.39 is 77.6 Å². The molecule has 0 aromatic heterocycles. The van der Waals surface area contributed by atoms with Crippen LogP contribution >= 0.6 is 14.5 Å². The first-order chi connectivity index (χ1) is 39.3. The molecule has 0 radical (unpaired) electrons. The maximum Gasteiger partial charge on any atom is 0.294 e. The third-order valence-electron chi connectivity index (χ3n) is 18.4. The van der Waals surface area contributed by atoms with E-state index in [9.17, 15) is 33.4 Å². The molecule has 8 atom stereocenters. The van der Waals surface area contributed by atoms with Crippen molar-refractivity contribution in [2.45, 2.75) is 97.9 Å². The number of aliphatic hydroxyl groups excluding tert-OH is 4. The Labute approximate surface area is 479 Å². The molecule has 0 saturated heterocycles. The third kappa shape index (κ3) is 10.1. The van der Waals surface area contributed by atoms with Crippen LogP contribution in [0.1, 0.15) is 73.3 Å². The van der Waals surface area contributed by atoms with Crippen LogP contribution in [0, 0.1) is 11.8 Å². The maximum atomic E-state index is 13.5.